The molecule has 0 N–H and O–H groups in total. The van der Waals surface area contributed by atoms with Gasteiger partial charge in [-0.2, -0.15) is 0 Å². The van der Waals surface area contributed by atoms with Crippen molar-refractivity contribution < 1.29 is 4.74 Å². The molecular weight excluding hydrogens is 853 g/mol. The van der Waals surface area contributed by atoms with E-state index in [1.807, 2.05) is 24.3 Å². The maximum atomic E-state index is 7.56. The Morgan fingerprint density at radius 3 is 1.43 bits per heavy atom. The maximum absolute atomic E-state index is 7.56. The molecule has 0 saturated carbocycles. The van der Waals surface area contributed by atoms with Crippen molar-refractivity contribution in [1.82, 2.24) is 15.0 Å². The summed E-state index contributed by atoms with van der Waals surface area (Å²) in [7, 11) is 0. The lowest BCUT2D eigenvalue weighted by atomic mass is 9.63. The summed E-state index contributed by atoms with van der Waals surface area (Å²) in [5, 5.41) is 7.13. The van der Waals surface area contributed by atoms with Crippen molar-refractivity contribution in [2.24, 2.45) is 0 Å². The second-order valence-electron chi connectivity index (χ2n) is 17.7. The van der Waals surface area contributed by atoms with Gasteiger partial charge in [0, 0.05) is 33.4 Å². The first-order valence-electron chi connectivity index (χ1n) is 23.4. The van der Waals surface area contributed by atoms with Crippen LogP contribution in [0.4, 0.5) is 5.69 Å². The van der Waals surface area contributed by atoms with Crippen molar-refractivity contribution >= 4 is 38.0 Å². The Morgan fingerprint density at radius 1 is 0.343 bits per heavy atom. The Bertz CT molecular complexity index is 3970. The number of benzene rings is 11. The predicted molar refractivity (Wildman–Crippen MR) is 284 cm³/mol. The number of hydrogen-bond donors (Lipinski definition) is 0. The van der Waals surface area contributed by atoms with Crippen molar-refractivity contribution in [3.63, 3.8) is 0 Å². The smallest absolute Gasteiger partial charge is 0.187 e. The summed E-state index contributed by atoms with van der Waals surface area (Å²) in [6, 6.07) is 84.8. The molecule has 0 saturated heterocycles. The molecule has 0 amide bonds. The van der Waals surface area contributed by atoms with Crippen LogP contribution in [0.5, 0.6) is 11.5 Å². The van der Waals surface area contributed by atoms with Gasteiger partial charge in [-0.3, -0.25) is 0 Å². The highest BCUT2D eigenvalue weighted by molar-refractivity contribution is 6.25. The number of fused-ring (bicyclic) bond motifs is 8. The van der Waals surface area contributed by atoms with Crippen molar-refractivity contribution in [1.29, 1.82) is 0 Å². The lowest BCUT2D eigenvalue weighted by Gasteiger charge is -2.42. The summed E-state index contributed by atoms with van der Waals surface area (Å²) in [4.78, 5) is 19.1. The molecule has 12 aromatic rings. The lowest BCUT2D eigenvalue weighted by molar-refractivity contribution is 0.436. The molecule has 0 fully saturated rings. The molecule has 1 aromatic heterocycles. The molecule has 0 radical (unpaired) electrons. The number of aromatic nitrogens is 3. The van der Waals surface area contributed by atoms with Gasteiger partial charge in [0.15, 0.2) is 23.2 Å². The van der Waals surface area contributed by atoms with E-state index in [0.29, 0.717) is 23.2 Å². The van der Waals surface area contributed by atoms with E-state index >= 15 is 0 Å². The number of para-hydroxylation sites is 2. The number of ether oxygens (including phenoxy) is 1. The van der Waals surface area contributed by atoms with E-state index in [1.54, 1.807) is 0 Å². The molecule has 326 valence electrons. The summed E-state index contributed by atoms with van der Waals surface area (Å²) < 4.78 is 7.02. The minimum absolute atomic E-state index is 0.532. The SMILES string of the molecule is [C-]#[N+]c1ccc(-c2nc(-c3cccc(-c4cccc(-c5cccc6c5Oc5ccccc5C6(c5ccccc5)c5ccccc5)c4)c3)nc(-c3ccc4c5ccccc5c5ccccc5c4c3)n2)cc1. The summed E-state index contributed by atoms with van der Waals surface area (Å²) in [6.45, 7) is 7.56. The molecule has 1 aliphatic rings. The molecule has 0 bridgehead atoms. The van der Waals surface area contributed by atoms with Crippen molar-refractivity contribution in [2.45, 2.75) is 5.41 Å². The number of nitrogens with zero attached hydrogens (tertiary/aromatic N) is 4. The molecule has 2 heterocycles. The summed E-state index contributed by atoms with van der Waals surface area (Å²) in [5.41, 5.74) is 11.1. The fourth-order valence-corrected chi connectivity index (χ4v) is 10.7. The molecule has 1 aliphatic heterocycles. The van der Waals surface area contributed by atoms with Gasteiger partial charge in [0.25, 0.3) is 0 Å². The maximum Gasteiger partial charge on any atom is 0.187 e. The Hall–Kier alpha value is -9.50. The van der Waals surface area contributed by atoms with E-state index in [4.69, 9.17) is 26.3 Å². The van der Waals surface area contributed by atoms with Crippen LogP contribution in [0.25, 0.3) is 93.6 Å². The monoisotopic (exact) mass is 892 g/mol. The van der Waals surface area contributed by atoms with Crippen LogP contribution in [-0.4, -0.2) is 15.0 Å². The van der Waals surface area contributed by atoms with E-state index in [2.05, 4.69) is 223 Å². The Labute approximate surface area is 405 Å². The summed E-state index contributed by atoms with van der Waals surface area (Å²) in [5.74, 6) is 3.33. The largest absolute Gasteiger partial charge is 0.456 e. The average Bonchev–Trinajstić information content (AvgIpc) is 3.44. The zero-order valence-corrected chi connectivity index (χ0v) is 37.8. The quantitative estimate of drug-likeness (QED) is 0.118. The van der Waals surface area contributed by atoms with Gasteiger partial charge >= 0.3 is 0 Å². The second kappa shape index (κ2) is 16.7. The third-order valence-electron chi connectivity index (χ3n) is 13.9. The van der Waals surface area contributed by atoms with Crippen LogP contribution in [0.3, 0.4) is 0 Å². The van der Waals surface area contributed by atoms with Crippen LogP contribution in [0.1, 0.15) is 22.3 Å². The minimum atomic E-state index is -0.620. The third-order valence-corrected chi connectivity index (χ3v) is 13.9. The normalized spacial score (nSPS) is 12.5. The van der Waals surface area contributed by atoms with E-state index in [0.717, 1.165) is 67.0 Å². The molecule has 5 nitrogen and oxygen atoms in total. The molecule has 5 heteroatoms. The first-order chi connectivity index (χ1) is 34.6. The van der Waals surface area contributed by atoms with E-state index in [1.165, 1.54) is 38.1 Å². The second-order valence-corrected chi connectivity index (χ2v) is 17.7. The fourth-order valence-electron chi connectivity index (χ4n) is 10.7. The summed E-state index contributed by atoms with van der Waals surface area (Å²) in [6.07, 6.45) is 0. The van der Waals surface area contributed by atoms with E-state index in [9.17, 15) is 0 Å². The number of rotatable bonds is 7. The molecular formula is C65H40N4O. The van der Waals surface area contributed by atoms with Crippen LogP contribution in [0.2, 0.25) is 0 Å². The Morgan fingerprint density at radius 2 is 0.800 bits per heavy atom. The van der Waals surface area contributed by atoms with Crippen molar-refractivity contribution in [3.8, 4) is 67.9 Å². The van der Waals surface area contributed by atoms with Gasteiger partial charge in [-0.25, -0.2) is 19.8 Å². The molecule has 0 spiro atoms. The van der Waals surface area contributed by atoms with Crippen molar-refractivity contribution in [2.75, 3.05) is 0 Å². The Kier molecular flexibility index (Phi) is 9.71. The van der Waals surface area contributed by atoms with Crippen LogP contribution in [0.15, 0.2) is 243 Å². The first kappa shape index (κ1) is 40.7. The van der Waals surface area contributed by atoms with Gasteiger partial charge in [-0.15, -0.1) is 0 Å². The van der Waals surface area contributed by atoms with Crippen molar-refractivity contribution in [3.05, 3.63) is 276 Å². The molecule has 70 heavy (non-hydrogen) atoms. The number of hydrogen-bond acceptors (Lipinski definition) is 4. The highest BCUT2D eigenvalue weighted by Gasteiger charge is 2.45. The molecule has 0 aliphatic carbocycles. The fraction of sp³-hybridized carbons (Fsp3) is 0.0154. The third kappa shape index (κ3) is 6.65. The van der Waals surface area contributed by atoms with Gasteiger partial charge in [-0.05, 0) is 84.4 Å². The van der Waals surface area contributed by atoms with Crippen LogP contribution in [0, 0.1) is 6.57 Å². The van der Waals surface area contributed by atoms with Gasteiger partial charge in [0.2, 0.25) is 0 Å². The van der Waals surface area contributed by atoms with E-state index in [-0.39, 0.29) is 0 Å². The lowest BCUT2D eigenvalue weighted by Crippen LogP contribution is -2.34. The minimum Gasteiger partial charge on any atom is -0.456 e. The standard InChI is InChI=1S/C65H40N4O/c1-66-50-36-33-42(34-37-50)62-67-63(69-64(68-62)47-35-38-56-54-27-9-8-25-52(54)53-26-10-11-28-55(53)57(56)41-47)46-20-15-18-44(40-46)43-17-14-19-45(39-43)51-29-16-31-59-61(51)70-60-32-13-12-30-58(60)65(59,48-21-4-2-5-22-48)49-23-6-3-7-24-49/h2-41H. The van der Waals surface area contributed by atoms with Gasteiger partial charge in [0.1, 0.15) is 11.5 Å². The average molecular weight is 893 g/mol. The van der Waals surface area contributed by atoms with Crippen LogP contribution < -0.4 is 4.74 Å². The van der Waals surface area contributed by atoms with Gasteiger partial charge < -0.3 is 4.74 Å². The zero-order chi connectivity index (χ0) is 46.6. The topological polar surface area (TPSA) is 52.3 Å². The molecule has 0 atom stereocenters. The highest BCUT2D eigenvalue weighted by atomic mass is 16.5. The Balaban J connectivity index is 0.939. The van der Waals surface area contributed by atoms with E-state index < -0.39 is 5.41 Å². The van der Waals surface area contributed by atoms with Gasteiger partial charge in [-0.1, -0.05) is 218 Å². The zero-order valence-electron chi connectivity index (χ0n) is 37.8. The first-order valence-corrected chi connectivity index (χ1v) is 23.4. The van der Waals surface area contributed by atoms with Crippen LogP contribution >= 0.6 is 0 Å². The van der Waals surface area contributed by atoms with Gasteiger partial charge in [0.05, 0.1) is 12.0 Å². The summed E-state index contributed by atoms with van der Waals surface area (Å²) >= 11 is 0. The molecule has 0 unspecified atom stereocenters. The predicted octanol–water partition coefficient (Wildman–Crippen LogP) is 16.7. The molecule has 11 aromatic carbocycles. The highest BCUT2D eigenvalue weighted by Crippen LogP contribution is 2.57. The van der Waals surface area contributed by atoms with Crippen LogP contribution in [-0.2, 0) is 5.41 Å². The molecule has 13 rings (SSSR count).